The number of fused-ring (bicyclic) bond motifs is 2. The molecule has 7 nitrogen and oxygen atoms in total. The van der Waals surface area contributed by atoms with Crippen LogP contribution in [0.25, 0.3) is 44.3 Å². The van der Waals surface area contributed by atoms with Gasteiger partial charge in [0, 0.05) is 34.7 Å². The van der Waals surface area contributed by atoms with Gasteiger partial charge in [0.15, 0.2) is 0 Å². The zero-order chi connectivity index (χ0) is 23.9. The summed E-state index contributed by atoms with van der Waals surface area (Å²) in [6.45, 7) is 0. The molecule has 0 atom stereocenters. The smallest absolute Gasteiger partial charge is 0.220 e. The van der Waals surface area contributed by atoms with Gasteiger partial charge in [0.1, 0.15) is 17.8 Å². The van der Waals surface area contributed by atoms with E-state index in [0.29, 0.717) is 5.82 Å². The first-order valence-corrected chi connectivity index (χ1v) is 12.0. The molecule has 1 aliphatic carbocycles. The van der Waals surface area contributed by atoms with E-state index in [1.54, 1.807) is 0 Å². The first-order chi connectivity index (χ1) is 17.1. The van der Waals surface area contributed by atoms with Crippen LogP contribution in [0.1, 0.15) is 31.7 Å². The van der Waals surface area contributed by atoms with E-state index < -0.39 is 0 Å². The number of hydrogen-bond donors (Lipinski definition) is 2. The fraction of sp³-hybridized carbons (Fsp3) is 0.214. The number of amides is 1. The van der Waals surface area contributed by atoms with E-state index in [0.717, 1.165) is 70.0 Å². The largest absolute Gasteiger partial charge is 0.383 e. The first kappa shape index (κ1) is 21.3. The molecule has 0 unspecified atom stereocenters. The third kappa shape index (κ3) is 3.79. The monoisotopic (exact) mass is 462 g/mol. The zero-order valence-electron chi connectivity index (χ0n) is 19.3. The molecule has 0 spiro atoms. The van der Waals surface area contributed by atoms with Crippen molar-refractivity contribution >= 4 is 33.7 Å². The van der Waals surface area contributed by atoms with Gasteiger partial charge in [-0.1, -0.05) is 48.5 Å². The molecule has 4 N–H and O–H groups in total. The van der Waals surface area contributed by atoms with Crippen molar-refractivity contribution in [2.24, 2.45) is 11.7 Å². The van der Waals surface area contributed by atoms with E-state index in [4.69, 9.17) is 16.5 Å². The fourth-order valence-corrected chi connectivity index (χ4v) is 5.30. The van der Waals surface area contributed by atoms with Gasteiger partial charge in [-0.2, -0.15) is 0 Å². The predicted molar refractivity (Wildman–Crippen MR) is 138 cm³/mol. The van der Waals surface area contributed by atoms with Gasteiger partial charge < -0.3 is 16.0 Å². The van der Waals surface area contributed by atoms with Crippen LogP contribution < -0.4 is 11.5 Å². The maximum atomic E-state index is 11.6. The lowest BCUT2D eigenvalue weighted by Gasteiger charge is -2.28. The Morgan fingerprint density at radius 1 is 0.914 bits per heavy atom. The number of carbonyl (C=O) groups is 1. The van der Waals surface area contributed by atoms with Crippen LogP contribution in [0.3, 0.4) is 0 Å². The SMILES string of the molecule is NC(=O)C1CCC(n2cc(-c3ccc4ccc(-c5ccccc5)nc4c3)c3c(N)ncnc32)CC1. The molecular weight excluding hydrogens is 436 g/mol. The minimum absolute atomic E-state index is 0.0439. The lowest BCUT2D eigenvalue weighted by molar-refractivity contribution is -0.122. The number of anilines is 1. The summed E-state index contributed by atoms with van der Waals surface area (Å²) >= 11 is 0. The third-order valence-electron chi connectivity index (χ3n) is 7.20. The average molecular weight is 463 g/mol. The van der Waals surface area contributed by atoms with Gasteiger partial charge in [0.25, 0.3) is 0 Å². The lowest BCUT2D eigenvalue weighted by Crippen LogP contribution is -2.28. The number of nitrogen functional groups attached to an aromatic ring is 1. The van der Waals surface area contributed by atoms with Crippen LogP contribution >= 0.6 is 0 Å². The van der Waals surface area contributed by atoms with Crippen LogP contribution in [0.2, 0.25) is 0 Å². The van der Waals surface area contributed by atoms with E-state index in [2.05, 4.69) is 63.2 Å². The molecule has 1 fully saturated rings. The van der Waals surface area contributed by atoms with Crippen LogP contribution in [0.15, 0.2) is 73.2 Å². The van der Waals surface area contributed by atoms with Crippen molar-refractivity contribution in [1.29, 1.82) is 0 Å². The number of benzene rings is 2. The Kier molecular flexibility index (Phi) is 5.17. The zero-order valence-corrected chi connectivity index (χ0v) is 19.3. The maximum Gasteiger partial charge on any atom is 0.220 e. The topological polar surface area (TPSA) is 113 Å². The van der Waals surface area contributed by atoms with Crippen LogP contribution in [-0.2, 0) is 4.79 Å². The van der Waals surface area contributed by atoms with Crippen LogP contribution in [-0.4, -0.2) is 25.4 Å². The van der Waals surface area contributed by atoms with Gasteiger partial charge in [-0.15, -0.1) is 0 Å². The standard InChI is InChI=1S/C28H26N6O/c29-26-25-22(15-34(28(25)32-16-31-26)21-11-8-19(9-12-21)27(30)35)20-7-6-18-10-13-23(33-24(18)14-20)17-4-2-1-3-5-17/h1-7,10,13-16,19,21H,8-9,11-12H2,(H2,30,35)(H2,29,31,32). The Hall–Kier alpha value is -4.26. The predicted octanol–water partition coefficient (Wildman–Crippen LogP) is 5.11. The molecule has 0 bridgehead atoms. The number of nitrogens with two attached hydrogens (primary N) is 2. The summed E-state index contributed by atoms with van der Waals surface area (Å²) in [5.41, 5.74) is 17.7. The first-order valence-electron chi connectivity index (χ1n) is 12.0. The number of hydrogen-bond acceptors (Lipinski definition) is 5. The van der Waals surface area contributed by atoms with Crippen LogP contribution in [0, 0.1) is 5.92 Å². The van der Waals surface area contributed by atoms with Crippen molar-refractivity contribution in [1.82, 2.24) is 19.5 Å². The second-order valence-electron chi connectivity index (χ2n) is 9.29. The number of aromatic nitrogens is 4. The molecule has 3 heterocycles. The summed E-state index contributed by atoms with van der Waals surface area (Å²) in [7, 11) is 0. The summed E-state index contributed by atoms with van der Waals surface area (Å²) < 4.78 is 2.21. The molecule has 5 aromatic rings. The van der Waals surface area contributed by atoms with Crippen molar-refractivity contribution in [2.45, 2.75) is 31.7 Å². The summed E-state index contributed by atoms with van der Waals surface area (Å²) in [5.74, 6) is 0.213. The second kappa shape index (κ2) is 8.51. The summed E-state index contributed by atoms with van der Waals surface area (Å²) in [6.07, 6.45) is 6.98. The minimum Gasteiger partial charge on any atom is -0.383 e. The molecule has 7 heteroatoms. The molecule has 2 aromatic carbocycles. The Morgan fingerprint density at radius 3 is 2.46 bits per heavy atom. The summed E-state index contributed by atoms with van der Waals surface area (Å²) in [5, 5.41) is 1.93. The maximum absolute atomic E-state index is 11.6. The molecule has 0 radical (unpaired) electrons. The average Bonchev–Trinajstić information content (AvgIpc) is 3.30. The van der Waals surface area contributed by atoms with E-state index >= 15 is 0 Å². The molecule has 174 valence electrons. The summed E-state index contributed by atoms with van der Waals surface area (Å²) in [6, 6.07) is 20.9. The van der Waals surface area contributed by atoms with Gasteiger partial charge >= 0.3 is 0 Å². The Morgan fingerprint density at radius 2 is 1.69 bits per heavy atom. The Labute approximate surface area is 202 Å². The van der Waals surface area contributed by atoms with Crippen LogP contribution in [0.4, 0.5) is 5.82 Å². The molecule has 0 saturated heterocycles. The van der Waals surface area contributed by atoms with E-state index in [1.165, 1.54) is 6.33 Å². The van der Waals surface area contributed by atoms with Crippen molar-refractivity contribution in [3.63, 3.8) is 0 Å². The third-order valence-corrected chi connectivity index (χ3v) is 7.20. The lowest BCUT2D eigenvalue weighted by atomic mass is 9.85. The Bertz CT molecular complexity index is 1550. The highest BCUT2D eigenvalue weighted by molar-refractivity contribution is 6.02. The highest BCUT2D eigenvalue weighted by atomic mass is 16.1. The van der Waals surface area contributed by atoms with E-state index in [-0.39, 0.29) is 17.9 Å². The minimum atomic E-state index is -0.202. The van der Waals surface area contributed by atoms with Gasteiger partial charge in [-0.3, -0.25) is 4.79 Å². The molecule has 3 aromatic heterocycles. The number of nitrogens with zero attached hydrogens (tertiary/aromatic N) is 4. The van der Waals surface area contributed by atoms with E-state index in [1.807, 2.05) is 18.2 Å². The normalized spacial score (nSPS) is 18.2. The fourth-order valence-electron chi connectivity index (χ4n) is 5.30. The molecule has 1 amide bonds. The molecule has 35 heavy (non-hydrogen) atoms. The van der Waals surface area contributed by atoms with Gasteiger partial charge in [0.05, 0.1) is 16.6 Å². The quantitative estimate of drug-likeness (QED) is 0.385. The van der Waals surface area contributed by atoms with Gasteiger partial charge in [0.2, 0.25) is 5.91 Å². The second-order valence-corrected chi connectivity index (χ2v) is 9.29. The van der Waals surface area contributed by atoms with Crippen molar-refractivity contribution in [3.05, 3.63) is 73.2 Å². The number of pyridine rings is 1. The molecule has 1 saturated carbocycles. The van der Waals surface area contributed by atoms with Gasteiger partial charge in [-0.25, -0.2) is 15.0 Å². The molecule has 6 rings (SSSR count). The Balaban J connectivity index is 1.44. The van der Waals surface area contributed by atoms with Gasteiger partial charge in [-0.05, 0) is 43.4 Å². The van der Waals surface area contributed by atoms with E-state index in [9.17, 15) is 4.79 Å². The van der Waals surface area contributed by atoms with Crippen molar-refractivity contribution in [2.75, 3.05) is 5.73 Å². The molecular formula is C28H26N6O. The number of carbonyl (C=O) groups excluding carboxylic acids is 1. The molecule has 0 aliphatic heterocycles. The molecule has 1 aliphatic rings. The van der Waals surface area contributed by atoms with Crippen LogP contribution in [0.5, 0.6) is 0 Å². The highest BCUT2D eigenvalue weighted by Crippen LogP contribution is 2.39. The number of rotatable bonds is 4. The van der Waals surface area contributed by atoms with Crippen molar-refractivity contribution in [3.8, 4) is 22.4 Å². The number of primary amides is 1. The highest BCUT2D eigenvalue weighted by Gasteiger charge is 2.28. The summed E-state index contributed by atoms with van der Waals surface area (Å²) in [4.78, 5) is 25.5. The van der Waals surface area contributed by atoms with Crippen molar-refractivity contribution < 1.29 is 4.79 Å².